The van der Waals surface area contributed by atoms with Gasteiger partial charge in [0.05, 0.1) is 5.56 Å². The standard InChI is InChI=1S/C14H17BrINO2/c1-19-7-6-14(4-5-14)9-17-13(18)11-8-10(15)2-3-12(11)16/h2-3,8H,4-7,9H2,1H3,(H,17,18). The maximum absolute atomic E-state index is 12.2. The number of amides is 1. The van der Waals surface area contributed by atoms with Gasteiger partial charge in [0.2, 0.25) is 0 Å². The summed E-state index contributed by atoms with van der Waals surface area (Å²) in [6.07, 6.45) is 3.40. The summed E-state index contributed by atoms with van der Waals surface area (Å²) in [7, 11) is 1.72. The fourth-order valence-electron chi connectivity index (χ4n) is 2.05. The molecule has 3 nitrogen and oxygen atoms in total. The Labute approximate surface area is 135 Å². The Hall–Kier alpha value is -0.140. The van der Waals surface area contributed by atoms with Crippen molar-refractivity contribution >= 4 is 44.4 Å². The molecule has 1 amide bonds. The molecule has 1 aliphatic carbocycles. The third-order valence-electron chi connectivity index (χ3n) is 3.59. The number of nitrogens with one attached hydrogen (secondary N) is 1. The lowest BCUT2D eigenvalue weighted by molar-refractivity contribution is 0.0937. The normalized spacial score (nSPS) is 16.2. The van der Waals surface area contributed by atoms with E-state index >= 15 is 0 Å². The van der Waals surface area contributed by atoms with Gasteiger partial charge in [0.15, 0.2) is 0 Å². The molecule has 1 aliphatic rings. The molecule has 19 heavy (non-hydrogen) atoms. The molecule has 0 bridgehead atoms. The Morgan fingerprint density at radius 3 is 2.89 bits per heavy atom. The van der Waals surface area contributed by atoms with Gasteiger partial charge in [0, 0.05) is 28.3 Å². The molecular formula is C14H17BrINO2. The molecule has 1 aromatic carbocycles. The molecule has 0 heterocycles. The number of ether oxygens (including phenoxy) is 1. The van der Waals surface area contributed by atoms with Gasteiger partial charge in [-0.3, -0.25) is 4.79 Å². The molecule has 0 aromatic heterocycles. The van der Waals surface area contributed by atoms with Gasteiger partial charge in [0.1, 0.15) is 0 Å². The fraction of sp³-hybridized carbons (Fsp3) is 0.500. The Kier molecular flexibility index (Phi) is 5.25. The van der Waals surface area contributed by atoms with Crippen LogP contribution < -0.4 is 5.32 Å². The van der Waals surface area contributed by atoms with E-state index in [4.69, 9.17) is 4.74 Å². The number of hydrogen-bond acceptors (Lipinski definition) is 2. The molecule has 0 aliphatic heterocycles. The zero-order chi connectivity index (χ0) is 13.9. The van der Waals surface area contributed by atoms with E-state index in [1.165, 1.54) is 12.8 Å². The highest BCUT2D eigenvalue weighted by atomic mass is 127. The number of benzene rings is 1. The van der Waals surface area contributed by atoms with Crippen LogP contribution in [0.1, 0.15) is 29.6 Å². The number of hydrogen-bond donors (Lipinski definition) is 1. The maximum Gasteiger partial charge on any atom is 0.252 e. The van der Waals surface area contributed by atoms with Crippen LogP contribution in [0.5, 0.6) is 0 Å². The zero-order valence-electron chi connectivity index (χ0n) is 10.8. The van der Waals surface area contributed by atoms with Crippen molar-refractivity contribution in [1.82, 2.24) is 5.32 Å². The van der Waals surface area contributed by atoms with Gasteiger partial charge in [-0.05, 0) is 65.5 Å². The molecular weight excluding hydrogens is 421 g/mol. The van der Waals surface area contributed by atoms with Crippen molar-refractivity contribution < 1.29 is 9.53 Å². The second kappa shape index (κ2) is 6.54. The first-order chi connectivity index (χ1) is 9.06. The minimum absolute atomic E-state index is 0.00870. The van der Waals surface area contributed by atoms with Gasteiger partial charge >= 0.3 is 0 Å². The lowest BCUT2D eigenvalue weighted by Gasteiger charge is -2.16. The summed E-state index contributed by atoms with van der Waals surface area (Å²) < 4.78 is 7.03. The van der Waals surface area contributed by atoms with Crippen molar-refractivity contribution in [3.8, 4) is 0 Å². The summed E-state index contributed by atoms with van der Waals surface area (Å²) in [6.45, 7) is 1.52. The van der Waals surface area contributed by atoms with E-state index in [2.05, 4.69) is 43.8 Å². The van der Waals surface area contributed by atoms with Crippen LogP contribution in [0.15, 0.2) is 22.7 Å². The number of methoxy groups -OCH3 is 1. The molecule has 1 N–H and O–H groups in total. The third kappa shape index (κ3) is 4.16. The molecule has 104 valence electrons. The van der Waals surface area contributed by atoms with Crippen molar-refractivity contribution in [1.29, 1.82) is 0 Å². The quantitative estimate of drug-likeness (QED) is 0.690. The van der Waals surface area contributed by atoms with E-state index in [9.17, 15) is 4.79 Å². The SMILES string of the molecule is COCCC1(CNC(=O)c2cc(Br)ccc2I)CC1. The molecule has 1 aromatic rings. The first kappa shape index (κ1) is 15.3. The van der Waals surface area contributed by atoms with Crippen LogP contribution in [0.2, 0.25) is 0 Å². The highest BCUT2D eigenvalue weighted by Crippen LogP contribution is 2.48. The Morgan fingerprint density at radius 1 is 1.53 bits per heavy atom. The molecule has 0 unspecified atom stereocenters. The number of rotatable bonds is 6. The fourth-order valence-corrected chi connectivity index (χ4v) is 2.99. The Morgan fingerprint density at radius 2 is 2.26 bits per heavy atom. The van der Waals surface area contributed by atoms with Crippen molar-refractivity contribution in [2.45, 2.75) is 19.3 Å². The lowest BCUT2D eigenvalue weighted by Crippen LogP contribution is -2.31. The molecule has 0 atom stereocenters. The van der Waals surface area contributed by atoms with Crippen molar-refractivity contribution in [2.24, 2.45) is 5.41 Å². The average molecular weight is 438 g/mol. The summed E-state index contributed by atoms with van der Waals surface area (Å²) in [6, 6.07) is 5.75. The predicted molar refractivity (Wildman–Crippen MR) is 87.4 cm³/mol. The van der Waals surface area contributed by atoms with E-state index in [0.717, 1.165) is 33.2 Å². The van der Waals surface area contributed by atoms with E-state index < -0.39 is 0 Å². The largest absolute Gasteiger partial charge is 0.385 e. The molecule has 1 saturated carbocycles. The lowest BCUT2D eigenvalue weighted by atomic mass is 10.0. The van der Waals surface area contributed by atoms with Crippen molar-refractivity contribution in [2.75, 3.05) is 20.3 Å². The van der Waals surface area contributed by atoms with Crippen LogP contribution in [-0.2, 0) is 4.74 Å². The topological polar surface area (TPSA) is 38.3 Å². The van der Waals surface area contributed by atoms with E-state index in [1.807, 2.05) is 18.2 Å². The van der Waals surface area contributed by atoms with E-state index in [-0.39, 0.29) is 11.3 Å². The van der Waals surface area contributed by atoms with Gasteiger partial charge in [0.25, 0.3) is 5.91 Å². The summed E-state index contributed by atoms with van der Waals surface area (Å²) in [5.41, 5.74) is 1.01. The Balaban J connectivity index is 1.93. The smallest absolute Gasteiger partial charge is 0.252 e. The molecule has 0 spiro atoms. The molecule has 5 heteroatoms. The predicted octanol–water partition coefficient (Wildman–Crippen LogP) is 3.60. The first-order valence-electron chi connectivity index (χ1n) is 6.28. The molecule has 0 radical (unpaired) electrons. The van der Waals surface area contributed by atoms with Crippen molar-refractivity contribution in [3.63, 3.8) is 0 Å². The third-order valence-corrected chi connectivity index (χ3v) is 5.02. The van der Waals surface area contributed by atoms with Crippen molar-refractivity contribution in [3.05, 3.63) is 31.8 Å². The minimum Gasteiger partial charge on any atom is -0.385 e. The molecule has 0 saturated heterocycles. The summed E-state index contributed by atoms with van der Waals surface area (Å²) in [5, 5.41) is 3.06. The highest BCUT2D eigenvalue weighted by Gasteiger charge is 2.42. The zero-order valence-corrected chi connectivity index (χ0v) is 14.6. The van der Waals surface area contributed by atoms with Gasteiger partial charge < -0.3 is 10.1 Å². The number of carbonyl (C=O) groups excluding carboxylic acids is 1. The van der Waals surface area contributed by atoms with E-state index in [1.54, 1.807) is 7.11 Å². The average Bonchev–Trinajstić information content (AvgIpc) is 3.17. The summed E-state index contributed by atoms with van der Waals surface area (Å²) in [4.78, 5) is 12.2. The Bertz CT molecular complexity index is 475. The molecule has 1 fully saturated rings. The van der Waals surface area contributed by atoms with Gasteiger partial charge in [-0.1, -0.05) is 15.9 Å². The minimum atomic E-state index is 0.00870. The summed E-state index contributed by atoms with van der Waals surface area (Å²) >= 11 is 5.59. The van der Waals surface area contributed by atoms with Crippen LogP contribution in [0.25, 0.3) is 0 Å². The number of halogens is 2. The van der Waals surface area contributed by atoms with Crippen LogP contribution in [-0.4, -0.2) is 26.2 Å². The second-order valence-corrected chi connectivity index (χ2v) is 7.13. The van der Waals surface area contributed by atoms with Crippen LogP contribution in [0.3, 0.4) is 0 Å². The van der Waals surface area contributed by atoms with Crippen LogP contribution in [0.4, 0.5) is 0 Å². The van der Waals surface area contributed by atoms with Gasteiger partial charge in [-0.15, -0.1) is 0 Å². The first-order valence-corrected chi connectivity index (χ1v) is 8.16. The van der Waals surface area contributed by atoms with Gasteiger partial charge in [-0.25, -0.2) is 0 Å². The van der Waals surface area contributed by atoms with Crippen LogP contribution >= 0.6 is 38.5 Å². The van der Waals surface area contributed by atoms with Gasteiger partial charge in [-0.2, -0.15) is 0 Å². The maximum atomic E-state index is 12.2. The second-order valence-electron chi connectivity index (χ2n) is 5.05. The molecule has 2 rings (SSSR count). The summed E-state index contributed by atoms with van der Waals surface area (Å²) in [5.74, 6) is 0.00870. The number of carbonyl (C=O) groups is 1. The van der Waals surface area contributed by atoms with E-state index in [0.29, 0.717) is 0 Å². The highest BCUT2D eigenvalue weighted by molar-refractivity contribution is 14.1. The van der Waals surface area contributed by atoms with Crippen LogP contribution in [0, 0.1) is 8.99 Å². The monoisotopic (exact) mass is 437 g/mol.